The molecule has 0 fully saturated rings. The summed E-state index contributed by atoms with van der Waals surface area (Å²) in [6, 6.07) is 0. The smallest absolute Gasteiger partial charge is 0.0316 e. The minimum atomic E-state index is 0.0205. The Labute approximate surface area is 95.9 Å². The average Bonchev–Trinajstić information content (AvgIpc) is 2.21. The fourth-order valence-corrected chi connectivity index (χ4v) is 3.17. The molecule has 0 N–H and O–H groups in total. The van der Waals surface area contributed by atoms with Crippen LogP contribution in [0.15, 0.2) is 22.8 Å². The molecule has 1 unspecified atom stereocenters. The summed E-state index contributed by atoms with van der Waals surface area (Å²) in [5.74, 6) is 2.22. The Morgan fingerprint density at radius 3 is 2.73 bits per heavy atom. The SMILES string of the molecule is [2H][C@H]1CC2=C(C)CC[C@@H](C(C)C)C2C=C1C. The minimum Gasteiger partial charge on any atom is -0.0781 e. The highest BCUT2D eigenvalue weighted by Crippen LogP contribution is 2.44. The Balaban J connectivity index is 2.36. The van der Waals surface area contributed by atoms with Crippen molar-refractivity contribution in [2.24, 2.45) is 17.8 Å². The maximum absolute atomic E-state index is 8.06. The minimum absolute atomic E-state index is 0.0205. The molecule has 0 bridgehead atoms. The van der Waals surface area contributed by atoms with Gasteiger partial charge >= 0.3 is 0 Å². The first kappa shape index (κ1) is 9.69. The van der Waals surface area contributed by atoms with Crippen LogP contribution < -0.4 is 0 Å². The molecule has 0 heterocycles. The van der Waals surface area contributed by atoms with Crippen LogP contribution in [0.3, 0.4) is 0 Å². The molecule has 2 aliphatic rings. The van der Waals surface area contributed by atoms with Gasteiger partial charge in [-0.15, -0.1) is 0 Å². The zero-order valence-electron chi connectivity index (χ0n) is 11.5. The first-order valence-electron chi connectivity index (χ1n) is 6.87. The molecule has 0 amide bonds. The van der Waals surface area contributed by atoms with Gasteiger partial charge in [-0.3, -0.25) is 0 Å². The third-order valence-corrected chi connectivity index (χ3v) is 4.21. The molecular formula is C15H24. The van der Waals surface area contributed by atoms with Crippen LogP contribution in [0.25, 0.3) is 0 Å². The van der Waals surface area contributed by atoms with Crippen molar-refractivity contribution >= 4 is 0 Å². The van der Waals surface area contributed by atoms with Crippen LogP contribution in [0.2, 0.25) is 0 Å². The van der Waals surface area contributed by atoms with Crippen molar-refractivity contribution in [3.63, 3.8) is 0 Å². The van der Waals surface area contributed by atoms with Gasteiger partial charge in [-0.2, -0.15) is 0 Å². The molecule has 0 aromatic carbocycles. The zero-order chi connectivity index (χ0) is 11.9. The molecule has 0 saturated heterocycles. The lowest BCUT2D eigenvalue weighted by atomic mass is 9.67. The Hall–Kier alpha value is -0.520. The molecule has 0 spiro atoms. The Morgan fingerprint density at radius 2 is 2.07 bits per heavy atom. The summed E-state index contributed by atoms with van der Waals surface area (Å²) in [5.41, 5.74) is 4.45. The summed E-state index contributed by atoms with van der Waals surface area (Å²) in [4.78, 5) is 0. The standard InChI is InChI=1S/C15H24/c1-10(2)13-8-6-12(4)14-7-5-11(3)9-15(13)14/h9-10,13,15H,5-8H2,1-4H3/t13-,15?/m0/s1/i5D/t5-,13-,15?. The molecule has 3 atom stereocenters. The fourth-order valence-electron chi connectivity index (χ4n) is 3.17. The molecule has 0 saturated carbocycles. The Bertz CT molecular complexity index is 335. The lowest BCUT2D eigenvalue weighted by Crippen LogP contribution is -2.27. The molecule has 0 aromatic rings. The van der Waals surface area contributed by atoms with E-state index in [1.807, 2.05) is 0 Å². The first-order chi connectivity index (χ1) is 7.50. The first-order valence-corrected chi connectivity index (χ1v) is 6.29. The van der Waals surface area contributed by atoms with Gasteiger partial charge in [0.1, 0.15) is 0 Å². The van der Waals surface area contributed by atoms with Gasteiger partial charge in [0.15, 0.2) is 0 Å². The highest BCUT2D eigenvalue weighted by Gasteiger charge is 2.32. The average molecular weight is 205 g/mol. The second kappa shape index (κ2) is 4.15. The largest absolute Gasteiger partial charge is 0.0781 e. The molecule has 0 nitrogen and oxygen atoms in total. The van der Waals surface area contributed by atoms with Crippen molar-refractivity contribution < 1.29 is 1.37 Å². The predicted octanol–water partition coefficient (Wildman–Crippen LogP) is 4.73. The third-order valence-electron chi connectivity index (χ3n) is 4.21. The van der Waals surface area contributed by atoms with E-state index in [-0.39, 0.29) is 6.40 Å². The number of allylic oxidation sites excluding steroid dienone is 4. The molecule has 0 aromatic heterocycles. The second-order valence-electron chi connectivity index (χ2n) is 5.60. The number of rotatable bonds is 1. The van der Waals surface area contributed by atoms with Gasteiger partial charge in [0.2, 0.25) is 0 Å². The van der Waals surface area contributed by atoms with E-state index >= 15 is 0 Å². The Kier molecular flexibility index (Phi) is 2.68. The molecule has 2 aliphatic carbocycles. The normalized spacial score (nSPS) is 37.5. The monoisotopic (exact) mass is 205 g/mol. The Morgan fingerprint density at radius 1 is 1.33 bits per heavy atom. The predicted molar refractivity (Wildman–Crippen MR) is 66.7 cm³/mol. The topological polar surface area (TPSA) is 0 Å². The van der Waals surface area contributed by atoms with Gasteiger partial charge in [0.25, 0.3) is 0 Å². The molecule has 0 aliphatic heterocycles. The fraction of sp³-hybridized carbons (Fsp3) is 0.733. The van der Waals surface area contributed by atoms with Crippen molar-refractivity contribution in [3.05, 3.63) is 22.8 Å². The van der Waals surface area contributed by atoms with E-state index in [9.17, 15) is 0 Å². The van der Waals surface area contributed by atoms with Gasteiger partial charge in [-0.1, -0.05) is 36.6 Å². The number of hydrogen-bond acceptors (Lipinski definition) is 0. The quantitative estimate of drug-likeness (QED) is 0.543. The van der Waals surface area contributed by atoms with E-state index in [1.165, 1.54) is 18.4 Å². The molecule has 84 valence electrons. The van der Waals surface area contributed by atoms with Crippen LogP contribution in [-0.4, -0.2) is 0 Å². The summed E-state index contributed by atoms with van der Waals surface area (Å²) in [7, 11) is 0. The molecule has 2 rings (SSSR count). The van der Waals surface area contributed by atoms with E-state index in [1.54, 1.807) is 11.1 Å². The molecule has 0 heteroatoms. The van der Waals surface area contributed by atoms with E-state index in [0.29, 0.717) is 5.92 Å². The summed E-state index contributed by atoms with van der Waals surface area (Å²) in [6.45, 7) is 9.10. The lowest BCUT2D eigenvalue weighted by molar-refractivity contribution is 0.277. The van der Waals surface area contributed by atoms with E-state index < -0.39 is 0 Å². The molecular weight excluding hydrogens is 180 g/mol. The van der Waals surface area contributed by atoms with Crippen LogP contribution in [0.1, 0.15) is 54.7 Å². The van der Waals surface area contributed by atoms with Gasteiger partial charge in [-0.25, -0.2) is 0 Å². The second-order valence-corrected chi connectivity index (χ2v) is 5.60. The van der Waals surface area contributed by atoms with Crippen molar-refractivity contribution in [2.75, 3.05) is 0 Å². The van der Waals surface area contributed by atoms with Gasteiger partial charge < -0.3 is 0 Å². The van der Waals surface area contributed by atoms with E-state index in [4.69, 9.17) is 1.37 Å². The van der Waals surface area contributed by atoms with Gasteiger partial charge in [0, 0.05) is 7.29 Å². The summed E-state index contributed by atoms with van der Waals surface area (Å²) >= 11 is 0. The molecule has 0 radical (unpaired) electrons. The lowest BCUT2D eigenvalue weighted by Gasteiger charge is -2.38. The maximum atomic E-state index is 8.06. The van der Waals surface area contributed by atoms with Crippen LogP contribution >= 0.6 is 0 Å². The molecule has 15 heavy (non-hydrogen) atoms. The van der Waals surface area contributed by atoms with Gasteiger partial charge in [-0.05, 0) is 51.3 Å². The van der Waals surface area contributed by atoms with Crippen molar-refractivity contribution in [1.82, 2.24) is 0 Å². The van der Waals surface area contributed by atoms with Gasteiger partial charge in [0.05, 0.1) is 0 Å². The maximum Gasteiger partial charge on any atom is 0.0316 e. The van der Waals surface area contributed by atoms with Crippen molar-refractivity contribution in [3.8, 4) is 0 Å². The highest BCUT2D eigenvalue weighted by atomic mass is 14.4. The van der Waals surface area contributed by atoms with Crippen LogP contribution in [0.5, 0.6) is 0 Å². The number of fused-ring (bicyclic) bond motifs is 1. The van der Waals surface area contributed by atoms with Crippen molar-refractivity contribution in [1.29, 1.82) is 0 Å². The zero-order valence-corrected chi connectivity index (χ0v) is 10.5. The van der Waals surface area contributed by atoms with Crippen LogP contribution in [-0.2, 0) is 0 Å². The summed E-state index contributed by atoms with van der Waals surface area (Å²) < 4.78 is 8.06. The van der Waals surface area contributed by atoms with Crippen LogP contribution in [0.4, 0.5) is 0 Å². The third kappa shape index (κ3) is 2.04. The summed E-state index contributed by atoms with van der Waals surface area (Å²) in [5, 5.41) is 0. The van der Waals surface area contributed by atoms with Crippen molar-refractivity contribution in [2.45, 2.75) is 53.4 Å². The van der Waals surface area contributed by atoms with Crippen LogP contribution in [0, 0.1) is 17.8 Å². The summed E-state index contributed by atoms with van der Waals surface area (Å²) in [6.07, 6.45) is 6.00. The number of hydrogen-bond donors (Lipinski definition) is 0. The van der Waals surface area contributed by atoms with E-state index in [2.05, 4.69) is 33.8 Å². The van der Waals surface area contributed by atoms with E-state index in [0.717, 1.165) is 18.3 Å². The highest BCUT2D eigenvalue weighted by molar-refractivity contribution is 5.30.